The summed E-state index contributed by atoms with van der Waals surface area (Å²) < 4.78 is 15.1. The van der Waals surface area contributed by atoms with E-state index in [2.05, 4.69) is 16.8 Å². The first-order valence-electron chi connectivity index (χ1n) is 9.34. The van der Waals surface area contributed by atoms with Crippen LogP contribution in [0.15, 0.2) is 66.3 Å². The summed E-state index contributed by atoms with van der Waals surface area (Å²) in [6.45, 7) is 6.23. The molecule has 1 heterocycles. The zero-order valence-electron chi connectivity index (χ0n) is 16.8. The van der Waals surface area contributed by atoms with Gasteiger partial charge in [-0.2, -0.15) is 0 Å². The third kappa shape index (κ3) is 5.09. The van der Waals surface area contributed by atoms with Crippen LogP contribution in [0, 0.1) is 5.82 Å². The van der Waals surface area contributed by atoms with Crippen molar-refractivity contribution in [3.63, 3.8) is 0 Å². The van der Waals surface area contributed by atoms with Crippen LogP contribution < -0.4 is 0 Å². The quantitative estimate of drug-likeness (QED) is 0.352. The van der Waals surface area contributed by atoms with Crippen LogP contribution >= 0.6 is 23.4 Å². The van der Waals surface area contributed by atoms with E-state index >= 15 is 0 Å². The summed E-state index contributed by atoms with van der Waals surface area (Å²) in [5.74, 6) is 0.541. The molecule has 0 aliphatic heterocycles. The number of carbonyl (C=O) groups excluding carboxylic acids is 1. The minimum atomic E-state index is -0.298. The van der Waals surface area contributed by atoms with Gasteiger partial charge in [-0.05, 0) is 48.9 Å². The van der Waals surface area contributed by atoms with Gasteiger partial charge in [-0.25, -0.2) is 4.39 Å². The topological polar surface area (TPSA) is 51.0 Å². The molecule has 0 saturated heterocycles. The van der Waals surface area contributed by atoms with E-state index in [0.717, 1.165) is 11.1 Å². The molecule has 0 radical (unpaired) electrons. The van der Waals surface area contributed by atoms with Crippen molar-refractivity contribution in [3.8, 4) is 11.4 Å². The van der Waals surface area contributed by atoms with Gasteiger partial charge in [-0.1, -0.05) is 41.6 Å². The zero-order valence-corrected chi connectivity index (χ0v) is 18.3. The first kappa shape index (κ1) is 22.1. The maximum Gasteiger partial charge on any atom is 0.233 e. The summed E-state index contributed by atoms with van der Waals surface area (Å²) in [4.78, 5) is 14.4. The Morgan fingerprint density at radius 1 is 1.23 bits per heavy atom. The predicted molar refractivity (Wildman–Crippen MR) is 119 cm³/mol. The van der Waals surface area contributed by atoms with Crippen LogP contribution in [-0.4, -0.2) is 38.4 Å². The molecule has 1 amide bonds. The Morgan fingerprint density at radius 3 is 2.53 bits per heavy atom. The van der Waals surface area contributed by atoms with Gasteiger partial charge < -0.3 is 4.90 Å². The normalized spacial score (nSPS) is 11.9. The van der Waals surface area contributed by atoms with Crippen molar-refractivity contribution in [3.05, 3.63) is 77.6 Å². The number of hydrogen-bond donors (Lipinski definition) is 0. The van der Waals surface area contributed by atoms with Crippen LogP contribution in [0.1, 0.15) is 18.5 Å². The highest BCUT2D eigenvalue weighted by Gasteiger charge is 2.20. The first-order valence-corrected chi connectivity index (χ1v) is 10.7. The van der Waals surface area contributed by atoms with Gasteiger partial charge in [0.05, 0.1) is 11.8 Å². The van der Waals surface area contributed by atoms with E-state index in [1.165, 1.54) is 23.9 Å². The second-order valence-electron chi connectivity index (χ2n) is 6.73. The molecule has 3 aromatic rings. The van der Waals surface area contributed by atoms with Crippen molar-refractivity contribution in [2.24, 2.45) is 0 Å². The largest absolute Gasteiger partial charge is 0.338 e. The predicted octanol–water partition coefficient (Wildman–Crippen LogP) is 5.24. The van der Waals surface area contributed by atoms with Crippen LogP contribution in [0.2, 0.25) is 5.02 Å². The molecule has 0 unspecified atom stereocenters. The molecule has 0 saturated carbocycles. The molecule has 0 spiro atoms. The highest BCUT2D eigenvalue weighted by molar-refractivity contribution is 7.99. The van der Waals surface area contributed by atoms with Crippen molar-refractivity contribution < 1.29 is 9.18 Å². The van der Waals surface area contributed by atoms with Gasteiger partial charge in [-0.3, -0.25) is 9.36 Å². The molecule has 0 bridgehead atoms. The third-order valence-electron chi connectivity index (χ3n) is 4.78. The van der Waals surface area contributed by atoms with Gasteiger partial charge in [0, 0.05) is 24.2 Å². The van der Waals surface area contributed by atoms with Crippen LogP contribution in [-0.2, 0) is 11.3 Å². The van der Waals surface area contributed by atoms with Crippen LogP contribution in [0.25, 0.3) is 11.4 Å². The molecule has 1 aromatic heterocycles. The van der Waals surface area contributed by atoms with Gasteiger partial charge in [0.1, 0.15) is 5.82 Å². The number of thioether (sulfide) groups is 1. The second-order valence-corrected chi connectivity index (χ2v) is 8.11. The molecule has 8 heteroatoms. The van der Waals surface area contributed by atoms with Gasteiger partial charge in [0.15, 0.2) is 11.0 Å². The minimum Gasteiger partial charge on any atom is -0.338 e. The molecule has 0 fully saturated rings. The molecule has 5 nitrogen and oxygen atoms in total. The molecular formula is C22H22ClFN4OS. The van der Waals surface area contributed by atoms with Gasteiger partial charge >= 0.3 is 0 Å². The maximum absolute atomic E-state index is 13.2. The van der Waals surface area contributed by atoms with Gasteiger partial charge in [0.25, 0.3) is 0 Å². The number of nitrogens with zero attached hydrogens (tertiary/aromatic N) is 4. The summed E-state index contributed by atoms with van der Waals surface area (Å²) in [5.41, 5.74) is 1.76. The number of hydrogen-bond acceptors (Lipinski definition) is 4. The van der Waals surface area contributed by atoms with Crippen molar-refractivity contribution in [1.82, 2.24) is 19.7 Å². The minimum absolute atomic E-state index is 0.0574. The van der Waals surface area contributed by atoms with E-state index in [9.17, 15) is 9.18 Å². The molecule has 1 atom stereocenters. The van der Waals surface area contributed by atoms with Crippen LogP contribution in [0.5, 0.6) is 0 Å². The molecule has 0 aliphatic rings. The van der Waals surface area contributed by atoms with Crippen LogP contribution in [0.3, 0.4) is 0 Å². The number of halogens is 2. The Morgan fingerprint density at radius 2 is 1.90 bits per heavy atom. The van der Waals surface area contributed by atoms with Gasteiger partial charge in [0.2, 0.25) is 5.91 Å². The first-order chi connectivity index (χ1) is 14.4. The summed E-state index contributed by atoms with van der Waals surface area (Å²) in [6.07, 6.45) is 1.76. The van der Waals surface area contributed by atoms with E-state index in [1.54, 1.807) is 42.3 Å². The number of allylic oxidation sites excluding steroid dienone is 1. The fourth-order valence-corrected chi connectivity index (χ4v) is 3.91. The summed E-state index contributed by atoms with van der Waals surface area (Å²) in [5, 5.41) is 9.83. The maximum atomic E-state index is 13.2. The lowest BCUT2D eigenvalue weighted by molar-refractivity contribution is -0.128. The van der Waals surface area contributed by atoms with Crippen molar-refractivity contribution in [2.75, 3.05) is 12.8 Å². The third-order valence-corrected chi connectivity index (χ3v) is 5.99. The Labute approximate surface area is 184 Å². The molecule has 30 heavy (non-hydrogen) atoms. The van der Waals surface area contributed by atoms with Crippen molar-refractivity contribution >= 4 is 29.3 Å². The highest BCUT2D eigenvalue weighted by Crippen LogP contribution is 2.26. The smallest absolute Gasteiger partial charge is 0.233 e. The number of carbonyl (C=O) groups is 1. The Balaban J connectivity index is 1.71. The lowest BCUT2D eigenvalue weighted by Crippen LogP contribution is -2.31. The molecule has 156 valence electrons. The summed E-state index contributed by atoms with van der Waals surface area (Å²) >= 11 is 7.29. The van der Waals surface area contributed by atoms with Crippen LogP contribution in [0.4, 0.5) is 4.39 Å². The lowest BCUT2D eigenvalue weighted by Gasteiger charge is -2.25. The van der Waals surface area contributed by atoms with Crippen molar-refractivity contribution in [2.45, 2.75) is 24.7 Å². The molecule has 0 aliphatic carbocycles. The number of aromatic nitrogens is 3. The Kier molecular flexibility index (Phi) is 7.29. The monoisotopic (exact) mass is 444 g/mol. The zero-order chi connectivity index (χ0) is 21.7. The standard InChI is InChI=1S/C22H22ClFN4OS/c1-4-13-28-21(17-5-9-18(23)10-6-17)25-26-22(28)30-14-20(29)27(3)15(2)16-7-11-19(24)12-8-16/h4-12,15H,1,13-14H2,2-3H3/t15-/m1/s1. The van der Waals surface area contributed by atoms with Gasteiger partial charge in [-0.15, -0.1) is 16.8 Å². The number of benzene rings is 2. The fraction of sp³-hybridized carbons (Fsp3) is 0.227. The average molecular weight is 445 g/mol. The Bertz CT molecular complexity index is 1020. The summed E-state index contributed by atoms with van der Waals surface area (Å²) in [7, 11) is 1.74. The highest BCUT2D eigenvalue weighted by atomic mass is 35.5. The van der Waals surface area contributed by atoms with Crippen molar-refractivity contribution in [1.29, 1.82) is 0 Å². The van der Waals surface area contributed by atoms with E-state index in [4.69, 9.17) is 11.6 Å². The SMILES string of the molecule is C=CCn1c(SCC(=O)N(C)[C@H](C)c2ccc(F)cc2)nnc1-c1ccc(Cl)cc1. The van der Waals surface area contributed by atoms with E-state index in [-0.39, 0.29) is 23.5 Å². The molecule has 3 rings (SSSR count). The number of amides is 1. The lowest BCUT2D eigenvalue weighted by atomic mass is 10.1. The fourth-order valence-electron chi connectivity index (χ4n) is 2.91. The van der Waals surface area contributed by atoms with E-state index in [1.807, 2.05) is 23.6 Å². The number of rotatable bonds is 8. The second kappa shape index (κ2) is 9.91. The molecule has 0 N–H and O–H groups in total. The summed E-state index contributed by atoms with van der Waals surface area (Å²) in [6, 6.07) is 13.4. The Hall–Kier alpha value is -2.64. The molecule has 2 aromatic carbocycles. The average Bonchev–Trinajstić information content (AvgIpc) is 3.15. The molecular weight excluding hydrogens is 423 g/mol. The van der Waals surface area contributed by atoms with E-state index in [0.29, 0.717) is 22.5 Å². The van der Waals surface area contributed by atoms with E-state index < -0.39 is 0 Å².